The van der Waals surface area contributed by atoms with Crippen molar-refractivity contribution in [3.05, 3.63) is 44.8 Å². The first-order valence-electron chi connectivity index (χ1n) is 4.64. The van der Waals surface area contributed by atoms with Gasteiger partial charge < -0.3 is 0 Å². The molecule has 86 valence electrons. The Balaban J connectivity index is 2.51. The van der Waals surface area contributed by atoms with Crippen LogP contribution in [0, 0.1) is 0 Å². The highest BCUT2D eigenvalue weighted by Crippen LogP contribution is 2.34. The van der Waals surface area contributed by atoms with Gasteiger partial charge in [0.05, 0.1) is 0 Å². The molecule has 2 heterocycles. The van der Waals surface area contributed by atoms with Gasteiger partial charge in [0.15, 0.2) is 0 Å². The minimum atomic E-state index is -3.34. The molecule has 0 aliphatic heterocycles. The van der Waals surface area contributed by atoms with Gasteiger partial charge in [-0.1, -0.05) is 12.1 Å². The smallest absolute Gasteiger partial charge is 0.217 e. The number of sulfonamides is 1. The lowest BCUT2D eigenvalue weighted by Crippen LogP contribution is -2.25. The molecular weight excluding hydrogens is 262 g/mol. The molecular formula is C10H11NO2S3. The van der Waals surface area contributed by atoms with Crippen molar-refractivity contribution in [2.45, 2.75) is 5.25 Å². The highest BCUT2D eigenvalue weighted by Gasteiger charge is 2.29. The minimum Gasteiger partial charge on any atom is -0.217 e. The van der Waals surface area contributed by atoms with Crippen molar-refractivity contribution in [1.82, 2.24) is 4.72 Å². The molecule has 0 aliphatic rings. The Hall–Kier alpha value is -0.690. The summed E-state index contributed by atoms with van der Waals surface area (Å²) >= 11 is 2.92. The van der Waals surface area contributed by atoms with E-state index < -0.39 is 15.3 Å². The van der Waals surface area contributed by atoms with Gasteiger partial charge in [0.25, 0.3) is 0 Å². The van der Waals surface area contributed by atoms with Crippen molar-refractivity contribution in [3.63, 3.8) is 0 Å². The Labute approximate surface area is 103 Å². The Bertz CT molecular complexity index is 494. The highest BCUT2D eigenvalue weighted by molar-refractivity contribution is 7.90. The van der Waals surface area contributed by atoms with Gasteiger partial charge in [0.2, 0.25) is 10.0 Å². The molecule has 3 nitrogen and oxygen atoms in total. The molecule has 0 aliphatic carbocycles. The lowest BCUT2D eigenvalue weighted by molar-refractivity contribution is 0.582. The quantitative estimate of drug-likeness (QED) is 0.930. The van der Waals surface area contributed by atoms with Crippen LogP contribution in [0.4, 0.5) is 0 Å². The molecule has 0 fully saturated rings. The summed E-state index contributed by atoms with van der Waals surface area (Å²) in [5.41, 5.74) is 0. The zero-order valence-corrected chi connectivity index (χ0v) is 11.0. The van der Waals surface area contributed by atoms with Crippen molar-refractivity contribution in [2.24, 2.45) is 0 Å². The topological polar surface area (TPSA) is 46.2 Å². The van der Waals surface area contributed by atoms with Crippen LogP contribution in [0.5, 0.6) is 0 Å². The second-order valence-electron chi connectivity index (χ2n) is 3.16. The lowest BCUT2D eigenvalue weighted by atomic mass is 10.3. The molecule has 0 aromatic carbocycles. The van der Waals surface area contributed by atoms with Gasteiger partial charge in [0, 0.05) is 9.75 Å². The zero-order chi connectivity index (χ0) is 11.6. The monoisotopic (exact) mass is 273 g/mol. The fourth-order valence-electron chi connectivity index (χ4n) is 1.44. The SMILES string of the molecule is CNS(=O)(=O)C(c1cccs1)c1cccs1. The third kappa shape index (κ3) is 2.20. The molecule has 2 aromatic rings. The van der Waals surface area contributed by atoms with E-state index in [0.717, 1.165) is 9.75 Å². The maximum absolute atomic E-state index is 12.0. The Kier molecular flexibility index (Phi) is 3.44. The van der Waals surface area contributed by atoms with Crippen LogP contribution in [-0.4, -0.2) is 15.5 Å². The van der Waals surface area contributed by atoms with Gasteiger partial charge in [0.1, 0.15) is 5.25 Å². The molecule has 2 rings (SSSR count). The van der Waals surface area contributed by atoms with Crippen LogP contribution in [-0.2, 0) is 10.0 Å². The number of thiophene rings is 2. The molecule has 2 aromatic heterocycles. The van der Waals surface area contributed by atoms with Crippen LogP contribution in [0.15, 0.2) is 35.0 Å². The highest BCUT2D eigenvalue weighted by atomic mass is 32.2. The predicted molar refractivity (Wildman–Crippen MR) is 68.5 cm³/mol. The van der Waals surface area contributed by atoms with Crippen molar-refractivity contribution >= 4 is 32.7 Å². The maximum atomic E-state index is 12.0. The zero-order valence-electron chi connectivity index (χ0n) is 8.58. The lowest BCUT2D eigenvalue weighted by Gasteiger charge is -2.13. The molecule has 0 bridgehead atoms. The standard InChI is InChI=1S/C10H11NO2S3/c1-11-16(12,13)10(8-4-2-6-14-8)9-5-3-7-15-9/h2-7,10-11H,1H3. The Morgan fingerprint density at radius 2 is 1.62 bits per heavy atom. The normalized spacial score (nSPS) is 12.1. The van der Waals surface area contributed by atoms with Crippen molar-refractivity contribution in [2.75, 3.05) is 7.05 Å². The second kappa shape index (κ2) is 4.67. The summed E-state index contributed by atoms with van der Waals surface area (Å²) in [6.45, 7) is 0. The van der Waals surface area contributed by atoms with Crippen LogP contribution in [0.3, 0.4) is 0 Å². The summed E-state index contributed by atoms with van der Waals surface area (Å²) in [6, 6.07) is 7.44. The van der Waals surface area contributed by atoms with Crippen molar-refractivity contribution < 1.29 is 8.42 Å². The van der Waals surface area contributed by atoms with E-state index in [-0.39, 0.29) is 0 Å². The first-order valence-corrected chi connectivity index (χ1v) is 7.95. The molecule has 6 heteroatoms. The van der Waals surface area contributed by atoms with E-state index in [1.54, 1.807) is 0 Å². The molecule has 0 amide bonds. The van der Waals surface area contributed by atoms with E-state index in [1.165, 1.54) is 29.7 Å². The first kappa shape index (κ1) is 11.8. The number of nitrogens with one attached hydrogen (secondary N) is 1. The molecule has 0 saturated heterocycles. The van der Waals surface area contributed by atoms with E-state index >= 15 is 0 Å². The third-order valence-electron chi connectivity index (χ3n) is 2.20. The predicted octanol–water partition coefficient (Wildman–Crippen LogP) is 2.45. The van der Waals surface area contributed by atoms with E-state index in [4.69, 9.17) is 0 Å². The van der Waals surface area contributed by atoms with Gasteiger partial charge in [-0.3, -0.25) is 0 Å². The Morgan fingerprint density at radius 1 is 1.12 bits per heavy atom. The van der Waals surface area contributed by atoms with Crippen molar-refractivity contribution in [1.29, 1.82) is 0 Å². The van der Waals surface area contributed by atoms with Crippen LogP contribution in [0.1, 0.15) is 15.0 Å². The average molecular weight is 273 g/mol. The summed E-state index contributed by atoms with van der Waals surface area (Å²) in [5, 5.41) is 3.19. The van der Waals surface area contributed by atoms with Gasteiger partial charge in [-0.05, 0) is 29.9 Å². The van der Waals surface area contributed by atoms with Gasteiger partial charge >= 0.3 is 0 Å². The van der Waals surface area contributed by atoms with E-state index in [9.17, 15) is 8.42 Å². The summed E-state index contributed by atoms with van der Waals surface area (Å²) in [7, 11) is -1.89. The van der Waals surface area contributed by atoms with E-state index in [0.29, 0.717) is 0 Å². The van der Waals surface area contributed by atoms with E-state index in [1.807, 2.05) is 35.0 Å². The van der Waals surface area contributed by atoms with Crippen LogP contribution in [0.2, 0.25) is 0 Å². The third-order valence-corrected chi connectivity index (χ3v) is 6.07. The Morgan fingerprint density at radius 3 is 1.94 bits per heavy atom. The molecule has 1 N–H and O–H groups in total. The minimum absolute atomic E-state index is 0.586. The average Bonchev–Trinajstić information content (AvgIpc) is 2.90. The van der Waals surface area contributed by atoms with E-state index in [2.05, 4.69) is 4.72 Å². The van der Waals surface area contributed by atoms with Crippen molar-refractivity contribution in [3.8, 4) is 0 Å². The number of hydrogen-bond acceptors (Lipinski definition) is 4. The summed E-state index contributed by atoms with van der Waals surface area (Å²) < 4.78 is 26.4. The van der Waals surface area contributed by atoms with Gasteiger partial charge in [-0.15, -0.1) is 22.7 Å². The van der Waals surface area contributed by atoms with Crippen LogP contribution in [0.25, 0.3) is 0 Å². The molecule has 0 spiro atoms. The van der Waals surface area contributed by atoms with Gasteiger partial charge in [-0.2, -0.15) is 0 Å². The van der Waals surface area contributed by atoms with Crippen LogP contribution >= 0.6 is 22.7 Å². The fourth-order valence-corrected chi connectivity index (χ4v) is 5.06. The van der Waals surface area contributed by atoms with Crippen LogP contribution < -0.4 is 4.72 Å². The molecule has 16 heavy (non-hydrogen) atoms. The molecule has 0 unspecified atom stereocenters. The molecule has 0 atom stereocenters. The fraction of sp³-hybridized carbons (Fsp3) is 0.200. The number of rotatable bonds is 4. The summed E-state index contributed by atoms with van der Waals surface area (Å²) in [4.78, 5) is 1.69. The van der Waals surface area contributed by atoms with Gasteiger partial charge in [-0.25, -0.2) is 13.1 Å². The summed E-state index contributed by atoms with van der Waals surface area (Å²) in [6.07, 6.45) is 0. The summed E-state index contributed by atoms with van der Waals surface area (Å²) in [5.74, 6) is 0. The first-order chi connectivity index (χ1) is 7.65. The largest absolute Gasteiger partial charge is 0.224 e. The second-order valence-corrected chi connectivity index (χ2v) is 7.09. The molecule has 0 radical (unpaired) electrons. The molecule has 0 saturated carbocycles. The number of hydrogen-bond donors (Lipinski definition) is 1. The maximum Gasteiger partial charge on any atom is 0.224 e.